The summed E-state index contributed by atoms with van der Waals surface area (Å²) in [6.07, 6.45) is -0.982. The van der Waals surface area contributed by atoms with Crippen LogP contribution in [-0.2, 0) is 16.1 Å². The van der Waals surface area contributed by atoms with Crippen LogP contribution in [0.25, 0.3) is 23.4 Å². The normalized spacial score (nSPS) is 13.4. The first-order valence-corrected chi connectivity index (χ1v) is 10.5. The number of fused-ring (bicyclic) bond motifs is 2. The van der Waals surface area contributed by atoms with Crippen LogP contribution >= 0.6 is 11.6 Å². The lowest BCUT2D eigenvalue weighted by atomic mass is 9.97. The molecule has 2 aromatic carbocycles. The minimum Gasteiger partial charge on any atom is -0.475 e. The number of aromatic nitrogens is 1. The quantitative estimate of drug-likeness (QED) is 0.431. The van der Waals surface area contributed by atoms with E-state index in [1.807, 2.05) is 49.4 Å². The van der Waals surface area contributed by atoms with Crippen molar-refractivity contribution in [2.24, 2.45) is 0 Å². The average Bonchev–Trinajstić information content (AvgIpc) is 2.75. The van der Waals surface area contributed by atoms with E-state index in [4.69, 9.17) is 21.5 Å². The van der Waals surface area contributed by atoms with E-state index < -0.39 is 12.1 Å². The Morgan fingerprint density at radius 3 is 2.32 bits per heavy atom. The zero-order valence-electron chi connectivity index (χ0n) is 18.2. The third kappa shape index (κ3) is 6.02. The van der Waals surface area contributed by atoms with Gasteiger partial charge in [0.1, 0.15) is 0 Å². The van der Waals surface area contributed by atoms with Gasteiger partial charge in [0, 0.05) is 23.2 Å². The number of amides is 1. The second-order valence-electron chi connectivity index (χ2n) is 7.52. The molecule has 176 valence electrons. The number of aliphatic carboxylic acids is 1. The number of carbonyl (C=O) groups is 2. The van der Waals surface area contributed by atoms with E-state index in [0.29, 0.717) is 11.6 Å². The molecule has 2 heterocycles. The summed E-state index contributed by atoms with van der Waals surface area (Å²) in [4.78, 5) is 27.6. The number of hydrogen-bond acceptors (Lipinski definition) is 3. The Kier molecular flexibility index (Phi) is 7.41. The third-order valence-electron chi connectivity index (χ3n) is 5.00. The predicted octanol–water partition coefficient (Wildman–Crippen LogP) is 6.38. The summed E-state index contributed by atoms with van der Waals surface area (Å²) in [6.45, 7) is 4.10. The lowest BCUT2D eigenvalue weighted by Gasteiger charge is -2.26. The van der Waals surface area contributed by atoms with E-state index in [-0.39, 0.29) is 5.91 Å². The van der Waals surface area contributed by atoms with Crippen molar-refractivity contribution in [1.82, 2.24) is 4.98 Å². The maximum Gasteiger partial charge on any atom is 0.490 e. The van der Waals surface area contributed by atoms with Gasteiger partial charge in [-0.25, -0.2) is 4.79 Å². The van der Waals surface area contributed by atoms with Crippen molar-refractivity contribution in [2.75, 3.05) is 4.90 Å². The summed E-state index contributed by atoms with van der Waals surface area (Å²) < 4.78 is 31.7. The maximum absolute atomic E-state index is 12.3. The van der Waals surface area contributed by atoms with Crippen molar-refractivity contribution in [3.8, 4) is 11.3 Å². The number of alkyl halides is 3. The Morgan fingerprint density at radius 2 is 1.71 bits per heavy atom. The number of pyridine rings is 1. The molecule has 0 bridgehead atoms. The number of carboxylic acids is 1. The monoisotopic (exact) mass is 488 g/mol. The van der Waals surface area contributed by atoms with Crippen LogP contribution in [0.5, 0.6) is 0 Å². The van der Waals surface area contributed by atoms with E-state index in [0.717, 1.165) is 39.3 Å². The Balaban J connectivity index is 0.000000406. The van der Waals surface area contributed by atoms with Gasteiger partial charge in [0.2, 0.25) is 5.91 Å². The summed E-state index contributed by atoms with van der Waals surface area (Å²) in [7, 11) is 0. The molecule has 0 unspecified atom stereocenters. The van der Waals surface area contributed by atoms with E-state index >= 15 is 0 Å². The van der Waals surface area contributed by atoms with Crippen LogP contribution < -0.4 is 4.90 Å². The highest BCUT2D eigenvalue weighted by molar-refractivity contribution is 6.30. The molecule has 0 atom stereocenters. The molecule has 1 aromatic heterocycles. The molecule has 0 spiro atoms. The smallest absolute Gasteiger partial charge is 0.475 e. The number of carbonyl (C=O) groups excluding carboxylic acids is 1. The molecule has 4 rings (SSSR count). The van der Waals surface area contributed by atoms with Gasteiger partial charge >= 0.3 is 12.1 Å². The molecule has 0 saturated heterocycles. The molecule has 0 saturated carbocycles. The number of halogens is 4. The minimum absolute atomic E-state index is 0.00394. The molecule has 1 aliphatic heterocycles. The molecule has 0 radical (unpaired) electrons. The largest absolute Gasteiger partial charge is 0.490 e. The predicted molar refractivity (Wildman–Crippen MR) is 125 cm³/mol. The van der Waals surface area contributed by atoms with Gasteiger partial charge in [-0.1, -0.05) is 42.0 Å². The lowest BCUT2D eigenvalue weighted by Crippen LogP contribution is -2.29. The average molecular weight is 489 g/mol. The number of carboxylic acid groups (broad SMARTS) is 1. The second kappa shape index (κ2) is 10.1. The third-order valence-corrected chi connectivity index (χ3v) is 5.24. The molecule has 1 amide bonds. The topological polar surface area (TPSA) is 70.5 Å². The summed E-state index contributed by atoms with van der Waals surface area (Å²) in [6, 6.07) is 17.9. The molecule has 1 N–H and O–H groups in total. The van der Waals surface area contributed by atoms with Crippen LogP contribution in [0.4, 0.5) is 18.9 Å². The Bertz CT molecular complexity index is 1270. The molecule has 1 aliphatic rings. The van der Waals surface area contributed by atoms with Gasteiger partial charge in [-0.15, -0.1) is 0 Å². The summed E-state index contributed by atoms with van der Waals surface area (Å²) >= 11 is 6.17. The highest BCUT2D eigenvalue weighted by Gasteiger charge is 2.38. The van der Waals surface area contributed by atoms with Gasteiger partial charge in [-0.3, -0.25) is 9.78 Å². The van der Waals surface area contributed by atoms with Gasteiger partial charge in [-0.2, -0.15) is 13.2 Å². The summed E-state index contributed by atoms with van der Waals surface area (Å²) in [5.41, 5.74) is 6.97. The van der Waals surface area contributed by atoms with Crippen LogP contribution in [0.15, 0.2) is 54.6 Å². The molecule has 9 heteroatoms. The fourth-order valence-corrected chi connectivity index (χ4v) is 3.56. The molecular formula is C25H20ClF3N2O3. The summed E-state index contributed by atoms with van der Waals surface area (Å²) in [5.74, 6) is -2.75. The Hall–Kier alpha value is -3.65. The Labute approximate surface area is 199 Å². The first kappa shape index (κ1) is 25.0. The lowest BCUT2D eigenvalue weighted by molar-refractivity contribution is -0.192. The van der Waals surface area contributed by atoms with Gasteiger partial charge < -0.3 is 10.0 Å². The van der Waals surface area contributed by atoms with Crippen molar-refractivity contribution in [2.45, 2.75) is 26.6 Å². The molecule has 34 heavy (non-hydrogen) atoms. The molecule has 0 fully saturated rings. The van der Waals surface area contributed by atoms with Crippen LogP contribution in [-0.4, -0.2) is 28.1 Å². The molecule has 5 nitrogen and oxygen atoms in total. The number of anilines is 1. The number of nitrogens with zero attached hydrogens (tertiary/aromatic N) is 2. The van der Waals surface area contributed by atoms with Crippen molar-refractivity contribution < 1.29 is 27.9 Å². The van der Waals surface area contributed by atoms with Crippen LogP contribution in [0.2, 0.25) is 5.02 Å². The van der Waals surface area contributed by atoms with Gasteiger partial charge in [0.25, 0.3) is 0 Å². The highest BCUT2D eigenvalue weighted by atomic mass is 35.5. The fraction of sp³-hybridized carbons (Fsp3) is 0.160. The SMILES string of the molecule is CC(=O)N1Cc2ccc(-c3cccc(C)n3)cc2/C=C\c2cc(Cl)ccc21.O=C(O)C(F)(F)F. The molecule has 3 aromatic rings. The fourth-order valence-electron chi connectivity index (χ4n) is 3.38. The van der Waals surface area contributed by atoms with Crippen molar-refractivity contribution in [1.29, 1.82) is 0 Å². The van der Waals surface area contributed by atoms with Gasteiger partial charge in [0.05, 0.1) is 17.9 Å². The summed E-state index contributed by atoms with van der Waals surface area (Å²) in [5, 5.41) is 7.78. The van der Waals surface area contributed by atoms with Crippen LogP contribution in [0.1, 0.15) is 29.3 Å². The van der Waals surface area contributed by atoms with E-state index in [2.05, 4.69) is 29.3 Å². The zero-order chi connectivity index (χ0) is 25.0. The Morgan fingerprint density at radius 1 is 1.03 bits per heavy atom. The van der Waals surface area contributed by atoms with Crippen LogP contribution in [0.3, 0.4) is 0 Å². The van der Waals surface area contributed by atoms with Gasteiger partial charge in [-0.05, 0) is 60.0 Å². The minimum atomic E-state index is -5.08. The number of benzene rings is 2. The van der Waals surface area contributed by atoms with Crippen molar-refractivity contribution in [3.63, 3.8) is 0 Å². The standard InChI is InChI=1S/C23H19ClN2O.C2HF3O2/c1-15-4-3-5-22(25-15)18-7-9-20-14-26(16(2)27)23-11-10-21(24)13-19(23)8-6-17(20)12-18;3-2(4,5)1(6)7/h3-13H,14H2,1-2H3;(H,6,7)/b8-6-;. The van der Waals surface area contributed by atoms with Crippen molar-refractivity contribution >= 4 is 41.3 Å². The van der Waals surface area contributed by atoms with Crippen LogP contribution in [0, 0.1) is 6.92 Å². The number of hydrogen-bond donors (Lipinski definition) is 1. The molecular weight excluding hydrogens is 469 g/mol. The first-order chi connectivity index (χ1) is 16.0. The maximum atomic E-state index is 12.3. The number of aryl methyl sites for hydroxylation is 1. The molecule has 0 aliphatic carbocycles. The zero-order valence-corrected chi connectivity index (χ0v) is 19.0. The highest BCUT2D eigenvalue weighted by Crippen LogP contribution is 2.32. The second-order valence-corrected chi connectivity index (χ2v) is 7.96. The van der Waals surface area contributed by atoms with Crippen molar-refractivity contribution in [3.05, 3.63) is 82.0 Å². The number of rotatable bonds is 1. The van der Waals surface area contributed by atoms with Gasteiger partial charge in [0.15, 0.2) is 0 Å². The van der Waals surface area contributed by atoms with E-state index in [9.17, 15) is 18.0 Å². The van der Waals surface area contributed by atoms with E-state index in [1.54, 1.807) is 11.8 Å². The first-order valence-electron chi connectivity index (χ1n) is 10.1. The van der Waals surface area contributed by atoms with E-state index in [1.165, 1.54) is 0 Å².